The number of guanidine groups is 1. The van der Waals surface area contributed by atoms with Gasteiger partial charge in [0.2, 0.25) is 5.96 Å². The Kier molecular flexibility index (Phi) is 3.40. The minimum Gasteiger partial charge on any atom is -0.378 e. The van der Waals surface area contributed by atoms with Crippen LogP contribution < -0.4 is 0 Å². The van der Waals surface area contributed by atoms with Gasteiger partial charge in [0, 0.05) is 26.2 Å². The average molecular weight is 290 g/mol. The van der Waals surface area contributed by atoms with Crippen LogP contribution in [0.2, 0.25) is 0 Å². The molecular weight excluding hydrogens is 272 g/mol. The standard InChI is InChI=1S/C13H18N6O2/c1-5-20-6-2-18(1)12-10-11(15-9-14-10)16-13(17-12)19-3-7-21-8-4-19/h9-10H,1-8H2. The molecule has 8 nitrogen and oxygen atoms in total. The van der Waals surface area contributed by atoms with Gasteiger partial charge in [-0.1, -0.05) is 0 Å². The van der Waals surface area contributed by atoms with Gasteiger partial charge in [-0.05, 0) is 0 Å². The van der Waals surface area contributed by atoms with E-state index in [4.69, 9.17) is 14.5 Å². The molecule has 0 N–H and O–H groups in total. The van der Waals surface area contributed by atoms with E-state index in [1.165, 1.54) is 0 Å². The van der Waals surface area contributed by atoms with Crippen LogP contribution in [0, 0.1) is 0 Å². The zero-order chi connectivity index (χ0) is 14.1. The molecule has 0 aromatic heterocycles. The molecule has 112 valence electrons. The van der Waals surface area contributed by atoms with Crippen molar-refractivity contribution in [2.24, 2.45) is 20.0 Å². The summed E-state index contributed by atoms with van der Waals surface area (Å²) in [6.07, 6.45) is 1.59. The van der Waals surface area contributed by atoms with E-state index in [-0.39, 0.29) is 6.04 Å². The summed E-state index contributed by atoms with van der Waals surface area (Å²) >= 11 is 0. The Morgan fingerprint density at radius 1 is 0.905 bits per heavy atom. The Morgan fingerprint density at radius 3 is 2.29 bits per heavy atom. The second kappa shape index (κ2) is 5.53. The van der Waals surface area contributed by atoms with Crippen LogP contribution in [-0.4, -0.2) is 92.4 Å². The van der Waals surface area contributed by atoms with E-state index < -0.39 is 0 Å². The highest BCUT2D eigenvalue weighted by Gasteiger charge is 2.34. The first-order valence-corrected chi connectivity index (χ1v) is 7.34. The van der Waals surface area contributed by atoms with Gasteiger partial charge < -0.3 is 19.3 Å². The van der Waals surface area contributed by atoms with Crippen molar-refractivity contribution in [3.63, 3.8) is 0 Å². The van der Waals surface area contributed by atoms with Gasteiger partial charge in [0.05, 0.1) is 26.4 Å². The van der Waals surface area contributed by atoms with E-state index >= 15 is 0 Å². The van der Waals surface area contributed by atoms with Crippen LogP contribution in [0.5, 0.6) is 0 Å². The Morgan fingerprint density at radius 2 is 1.57 bits per heavy atom. The summed E-state index contributed by atoms with van der Waals surface area (Å²) < 4.78 is 10.8. The summed E-state index contributed by atoms with van der Waals surface area (Å²) in [5.41, 5.74) is 0. The van der Waals surface area contributed by atoms with Crippen LogP contribution in [0.4, 0.5) is 0 Å². The number of hydrogen-bond donors (Lipinski definition) is 0. The van der Waals surface area contributed by atoms with Crippen molar-refractivity contribution < 1.29 is 9.47 Å². The Labute approximate surface area is 122 Å². The molecule has 4 aliphatic rings. The Balaban J connectivity index is 1.62. The van der Waals surface area contributed by atoms with E-state index in [9.17, 15) is 0 Å². The molecule has 1 atom stereocenters. The number of amidine groups is 2. The van der Waals surface area contributed by atoms with E-state index in [1.54, 1.807) is 6.34 Å². The van der Waals surface area contributed by atoms with Crippen molar-refractivity contribution in [2.45, 2.75) is 6.04 Å². The third-order valence-corrected chi connectivity index (χ3v) is 3.95. The molecule has 0 bridgehead atoms. The highest BCUT2D eigenvalue weighted by Crippen LogP contribution is 2.17. The van der Waals surface area contributed by atoms with Crippen LogP contribution in [0.1, 0.15) is 0 Å². The predicted octanol–water partition coefficient (Wildman–Crippen LogP) is -0.772. The second-order valence-corrected chi connectivity index (χ2v) is 5.24. The number of nitrogens with zero attached hydrogens (tertiary/aromatic N) is 6. The highest BCUT2D eigenvalue weighted by molar-refractivity contribution is 6.22. The monoisotopic (exact) mass is 290 g/mol. The molecule has 2 saturated heterocycles. The van der Waals surface area contributed by atoms with Crippen LogP contribution >= 0.6 is 0 Å². The van der Waals surface area contributed by atoms with Gasteiger partial charge in [0.15, 0.2) is 11.9 Å². The summed E-state index contributed by atoms with van der Waals surface area (Å²) in [6.45, 7) is 6.21. The normalized spacial score (nSPS) is 29.0. The summed E-state index contributed by atoms with van der Waals surface area (Å²) in [4.78, 5) is 22.4. The highest BCUT2D eigenvalue weighted by atomic mass is 16.5. The fourth-order valence-electron chi connectivity index (χ4n) is 2.80. The topological polar surface area (TPSA) is 74.4 Å². The summed E-state index contributed by atoms with van der Waals surface area (Å²) in [7, 11) is 0. The molecule has 4 aliphatic heterocycles. The molecule has 8 heteroatoms. The SMILES string of the molecule is C1=NC2C(=N1)N=C(N1CCOCC1)N=C2N1CCOCC1. The van der Waals surface area contributed by atoms with Gasteiger partial charge in [0.25, 0.3) is 0 Å². The molecule has 21 heavy (non-hydrogen) atoms. The lowest BCUT2D eigenvalue weighted by atomic mass is 10.2. The van der Waals surface area contributed by atoms with Gasteiger partial charge in [-0.3, -0.25) is 4.99 Å². The number of fused-ring (bicyclic) bond motifs is 1. The van der Waals surface area contributed by atoms with Crippen molar-refractivity contribution in [1.29, 1.82) is 0 Å². The zero-order valence-electron chi connectivity index (χ0n) is 11.8. The maximum absolute atomic E-state index is 5.42. The Bertz CT molecular complexity index is 529. The quantitative estimate of drug-likeness (QED) is 0.587. The van der Waals surface area contributed by atoms with Crippen molar-refractivity contribution in [2.75, 3.05) is 52.6 Å². The molecular formula is C13H18N6O2. The minimum atomic E-state index is -0.145. The van der Waals surface area contributed by atoms with Gasteiger partial charge in [-0.2, -0.15) is 9.98 Å². The lowest BCUT2D eigenvalue weighted by Crippen LogP contribution is -2.51. The van der Waals surface area contributed by atoms with Gasteiger partial charge in [0.1, 0.15) is 12.2 Å². The maximum Gasteiger partial charge on any atom is 0.229 e. The first-order chi connectivity index (χ1) is 10.4. The zero-order valence-corrected chi connectivity index (χ0v) is 11.8. The molecule has 0 aromatic rings. The first kappa shape index (κ1) is 12.9. The van der Waals surface area contributed by atoms with Crippen molar-refractivity contribution in [1.82, 2.24) is 9.80 Å². The van der Waals surface area contributed by atoms with E-state index in [0.717, 1.165) is 57.0 Å². The fraction of sp³-hybridized carbons (Fsp3) is 0.692. The third-order valence-electron chi connectivity index (χ3n) is 3.95. The number of rotatable bonds is 0. The van der Waals surface area contributed by atoms with E-state index in [1.807, 2.05) is 0 Å². The van der Waals surface area contributed by atoms with Crippen molar-refractivity contribution in [3.8, 4) is 0 Å². The van der Waals surface area contributed by atoms with Crippen molar-refractivity contribution >= 4 is 24.0 Å². The molecule has 2 fully saturated rings. The first-order valence-electron chi connectivity index (χ1n) is 7.34. The van der Waals surface area contributed by atoms with E-state index in [2.05, 4.69) is 24.8 Å². The minimum absolute atomic E-state index is 0.145. The number of aliphatic imine (C=N–C) groups is 4. The molecule has 4 rings (SSSR count). The number of hydrogen-bond acceptors (Lipinski definition) is 8. The van der Waals surface area contributed by atoms with Crippen LogP contribution in [-0.2, 0) is 9.47 Å². The maximum atomic E-state index is 5.42. The van der Waals surface area contributed by atoms with Crippen LogP contribution in [0.3, 0.4) is 0 Å². The molecule has 0 spiro atoms. The second-order valence-electron chi connectivity index (χ2n) is 5.24. The molecule has 0 saturated carbocycles. The van der Waals surface area contributed by atoms with Gasteiger partial charge >= 0.3 is 0 Å². The third kappa shape index (κ3) is 2.44. The lowest BCUT2D eigenvalue weighted by molar-refractivity contribution is 0.0654. The molecule has 1 unspecified atom stereocenters. The van der Waals surface area contributed by atoms with Gasteiger partial charge in [-0.25, -0.2) is 4.99 Å². The largest absolute Gasteiger partial charge is 0.378 e. The molecule has 4 heterocycles. The molecule has 0 radical (unpaired) electrons. The average Bonchev–Trinajstić information content (AvgIpc) is 3.04. The summed E-state index contributed by atoms with van der Waals surface area (Å²) in [5.74, 6) is 2.43. The summed E-state index contributed by atoms with van der Waals surface area (Å²) in [6, 6.07) is -0.145. The smallest absolute Gasteiger partial charge is 0.229 e. The fourth-order valence-corrected chi connectivity index (χ4v) is 2.80. The molecule has 0 amide bonds. The summed E-state index contributed by atoms with van der Waals surface area (Å²) in [5, 5.41) is 0. The number of morpholine rings is 2. The van der Waals surface area contributed by atoms with Gasteiger partial charge in [-0.15, -0.1) is 0 Å². The van der Waals surface area contributed by atoms with E-state index in [0.29, 0.717) is 13.2 Å². The predicted molar refractivity (Wildman–Crippen MR) is 79.4 cm³/mol. The molecule has 0 aliphatic carbocycles. The lowest BCUT2D eigenvalue weighted by Gasteiger charge is -2.35. The Hall–Kier alpha value is -1.80. The van der Waals surface area contributed by atoms with Crippen molar-refractivity contribution in [3.05, 3.63) is 0 Å². The number of ether oxygens (including phenoxy) is 2. The van der Waals surface area contributed by atoms with Crippen LogP contribution in [0.15, 0.2) is 20.0 Å². The molecule has 0 aromatic carbocycles. The van der Waals surface area contributed by atoms with Crippen LogP contribution in [0.25, 0.3) is 0 Å².